The second kappa shape index (κ2) is 6.50. The van der Waals surface area contributed by atoms with Crippen LogP contribution >= 0.6 is 0 Å². The van der Waals surface area contributed by atoms with Gasteiger partial charge in [-0.15, -0.1) is 0 Å². The molecule has 0 spiro atoms. The Bertz CT molecular complexity index is 783. The van der Waals surface area contributed by atoms with E-state index in [-0.39, 0.29) is 0 Å². The third-order valence-corrected chi connectivity index (χ3v) is 3.62. The molecule has 0 bridgehead atoms. The maximum Gasteiger partial charge on any atom is 0.184 e. The van der Waals surface area contributed by atoms with E-state index in [1.54, 1.807) is 14.2 Å². The topological polar surface area (TPSA) is 86.1 Å². The normalized spacial score (nSPS) is 12.0. The standard InChI is InChI=1S/C17H18N4O2/c1-22-12-9-7-11(8-10-12)15(18)17-19-16(20-21-17)13-5-3-4-6-14(13)23-2/h3-10,15H,18H2,1-2H3,(H,19,20,21). The summed E-state index contributed by atoms with van der Waals surface area (Å²) in [7, 11) is 3.25. The van der Waals surface area contributed by atoms with E-state index in [0.29, 0.717) is 11.6 Å². The Morgan fingerprint density at radius 2 is 1.74 bits per heavy atom. The maximum absolute atomic E-state index is 6.26. The van der Waals surface area contributed by atoms with Gasteiger partial charge in [0.2, 0.25) is 0 Å². The molecule has 0 saturated carbocycles. The van der Waals surface area contributed by atoms with Crippen molar-refractivity contribution >= 4 is 0 Å². The lowest BCUT2D eigenvalue weighted by Crippen LogP contribution is -2.13. The lowest BCUT2D eigenvalue weighted by Gasteiger charge is -2.09. The molecule has 118 valence electrons. The van der Waals surface area contributed by atoms with Crippen LogP contribution in [0.1, 0.15) is 17.4 Å². The number of rotatable bonds is 5. The number of hydrogen-bond donors (Lipinski definition) is 2. The molecule has 0 aliphatic rings. The lowest BCUT2D eigenvalue weighted by atomic mass is 10.1. The van der Waals surface area contributed by atoms with Crippen LogP contribution < -0.4 is 15.2 Å². The molecule has 1 heterocycles. The predicted molar refractivity (Wildman–Crippen MR) is 87.4 cm³/mol. The molecule has 3 aromatic rings. The summed E-state index contributed by atoms with van der Waals surface area (Å²) < 4.78 is 10.5. The number of aromatic amines is 1. The number of para-hydroxylation sites is 1. The molecule has 0 aliphatic heterocycles. The van der Waals surface area contributed by atoms with Crippen LogP contribution in [-0.4, -0.2) is 29.4 Å². The van der Waals surface area contributed by atoms with Gasteiger partial charge in [-0.3, -0.25) is 5.10 Å². The second-order valence-corrected chi connectivity index (χ2v) is 5.00. The van der Waals surface area contributed by atoms with Gasteiger partial charge in [-0.05, 0) is 29.8 Å². The maximum atomic E-state index is 6.26. The Balaban J connectivity index is 1.88. The first-order valence-corrected chi connectivity index (χ1v) is 7.18. The molecule has 3 rings (SSSR count). The molecule has 0 fully saturated rings. The summed E-state index contributed by atoms with van der Waals surface area (Å²) >= 11 is 0. The number of nitrogens with zero attached hydrogens (tertiary/aromatic N) is 2. The zero-order chi connectivity index (χ0) is 16.2. The molecule has 0 amide bonds. The number of nitrogens with two attached hydrogens (primary N) is 1. The van der Waals surface area contributed by atoms with Crippen LogP contribution in [0.3, 0.4) is 0 Å². The van der Waals surface area contributed by atoms with Crippen molar-refractivity contribution in [3.8, 4) is 22.9 Å². The van der Waals surface area contributed by atoms with E-state index in [1.807, 2.05) is 48.5 Å². The highest BCUT2D eigenvalue weighted by molar-refractivity contribution is 5.63. The van der Waals surface area contributed by atoms with Gasteiger partial charge in [-0.25, -0.2) is 4.98 Å². The van der Waals surface area contributed by atoms with Crippen molar-refractivity contribution in [1.82, 2.24) is 15.2 Å². The highest BCUT2D eigenvalue weighted by Gasteiger charge is 2.16. The molecule has 23 heavy (non-hydrogen) atoms. The van der Waals surface area contributed by atoms with E-state index in [1.165, 1.54) is 0 Å². The van der Waals surface area contributed by atoms with Crippen LogP contribution in [0.25, 0.3) is 11.4 Å². The zero-order valence-electron chi connectivity index (χ0n) is 13.0. The Labute approximate surface area is 134 Å². The van der Waals surface area contributed by atoms with Crippen molar-refractivity contribution in [3.63, 3.8) is 0 Å². The third kappa shape index (κ3) is 3.02. The number of hydrogen-bond acceptors (Lipinski definition) is 5. The average Bonchev–Trinajstić information content (AvgIpc) is 3.11. The van der Waals surface area contributed by atoms with Crippen molar-refractivity contribution in [2.45, 2.75) is 6.04 Å². The van der Waals surface area contributed by atoms with E-state index in [4.69, 9.17) is 15.2 Å². The molecule has 1 aromatic heterocycles. The monoisotopic (exact) mass is 310 g/mol. The summed E-state index contributed by atoms with van der Waals surface area (Å²) in [4.78, 5) is 4.51. The molecule has 1 atom stereocenters. The highest BCUT2D eigenvalue weighted by atomic mass is 16.5. The van der Waals surface area contributed by atoms with Gasteiger partial charge in [0.1, 0.15) is 17.3 Å². The average molecular weight is 310 g/mol. The van der Waals surface area contributed by atoms with E-state index in [0.717, 1.165) is 22.6 Å². The van der Waals surface area contributed by atoms with Gasteiger partial charge in [0.15, 0.2) is 5.82 Å². The van der Waals surface area contributed by atoms with Gasteiger partial charge >= 0.3 is 0 Å². The Hall–Kier alpha value is -2.86. The highest BCUT2D eigenvalue weighted by Crippen LogP contribution is 2.28. The summed E-state index contributed by atoms with van der Waals surface area (Å²) in [5.41, 5.74) is 8.01. The van der Waals surface area contributed by atoms with Crippen molar-refractivity contribution in [3.05, 3.63) is 59.9 Å². The predicted octanol–water partition coefficient (Wildman–Crippen LogP) is 2.54. The van der Waals surface area contributed by atoms with E-state index in [2.05, 4.69) is 15.2 Å². The van der Waals surface area contributed by atoms with Crippen molar-refractivity contribution in [2.24, 2.45) is 5.73 Å². The van der Waals surface area contributed by atoms with E-state index in [9.17, 15) is 0 Å². The van der Waals surface area contributed by atoms with Crippen LogP contribution in [0.4, 0.5) is 0 Å². The number of aromatic nitrogens is 3. The van der Waals surface area contributed by atoms with Crippen molar-refractivity contribution in [2.75, 3.05) is 14.2 Å². The summed E-state index contributed by atoms with van der Waals surface area (Å²) in [5.74, 6) is 2.65. The van der Waals surface area contributed by atoms with Crippen LogP contribution in [0.5, 0.6) is 11.5 Å². The van der Waals surface area contributed by atoms with Crippen molar-refractivity contribution < 1.29 is 9.47 Å². The van der Waals surface area contributed by atoms with Crippen LogP contribution in [-0.2, 0) is 0 Å². The number of H-pyrrole nitrogens is 1. The summed E-state index contributed by atoms with van der Waals surface area (Å²) in [5, 5.41) is 7.16. The fourth-order valence-electron chi connectivity index (χ4n) is 2.33. The number of nitrogens with one attached hydrogen (secondary N) is 1. The molecule has 0 saturated heterocycles. The number of benzene rings is 2. The van der Waals surface area contributed by atoms with Gasteiger partial charge in [0.25, 0.3) is 0 Å². The minimum absolute atomic E-state index is 0.392. The van der Waals surface area contributed by atoms with Crippen LogP contribution in [0.2, 0.25) is 0 Å². The first-order chi connectivity index (χ1) is 11.2. The van der Waals surface area contributed by atoms with Gasteiger partial charge in [-0.2, -0.15) is 5.10 Å². The third-order valence-electron chi connectivity index (χ3n) is 3.62. The van der Waals surface area contributed by atoms with Crippen molar-refractivity contribution in [1.29, 1.82) is 0 Å². The minimum Gasteiger partial charge on any atom is -0.497 e. The SMILES string of the molecule is COc1ccc(C(N)c2nc(-c3ccccc3OC)n[nH]2)cc1. The van der Waals surface area contributed by atoms with Gasteiger partial charge < -0.3 is 15.2 Å². The van der Waals surface area contributed by atoms with Gasteiger partial charge in [-0.1, -0.05) is 24.3 Å². The zero-order valence-corrected chi connectivity index (χ0v) is 13.0. The molecule has 6 nitrogen and oxygen atoms in total. The molecular formula is C17H18N4O2. The Morgan fingerprint density at radius 3 is 2.43 bits per heavy atom. The lowest BCUT2D eigenvalue weighted by molar-refractivity contribution is 0.414. The second-order valence-electron chi connectivity index (χ2n) is 5.00. The number of ether oxygens (including phenoxy) is 2. The molecule has 3 N–H and O–H groups in total. The molecule has 0 aliphatic carbocycles. The minimum atomic E-state index is -0.392. The molecule has 6 heteroatoms. The quantitative estimate of drug-likeness (QED) is 0.756. The molecule has 2 aromatic carbocycles. The van der Waals surface area contributed by atoms with Crippen LogP contribution in [0.15, 0.2) is 48.5 Å². The van der Waals surface area contributed by atoms with E-state index >= 15 is 0 Å². The fourth-order valence-corrected chi connectivity index (χ4v) is 2.33. The fraction of sp³-hybridized carbons (Fsp3) is 0.176. The largest absolute Gasteiger partial charge is 0.497 e. The Kier molecular flexibility index (Phi) is 4.25. The first-order valence-electron chi connectivity index (χ1n) is 7.18. The van der Waals surface area contributed by atoms with Gasteiger partial charge in [0.05, 0.1) is 25.8 Å². The summed E-state index contributed by atoms with van der Waals surface area (Å²) in [6, 6.07) is 14.8. The molecule has 1 unspecified atom stereocenters. The summed E-state index contributed by atoms with van der Waals surface area (Å²) in [6.07, 6.45) is 0. The number of methoxy groups -OCH3 is 2. The van der Waals surface area contributed by atoms with Gasteiger partial charge in [0, 0.05) is 0 Å². The smallest absolute Gasteiger partial charge is 0.184 e. The van der Waals surface area contributed by atoms with Crippen LogP contribution in [0, 0.1) is 0 Å². The molecule has 0 radical (unpaired) electrons. The molecular weight excluding hydrogens is 292 g/mol. The summed E-state index contributed by atoms with van der Waals surface area (Å²) in [6.45, 7) is 0. The first kappa shape index (κ1) is 15.1. The Morgan fingerprint density at radius 1 is 1.00 bits per heavy atom. The van der Waals surface area contributed by atoms with E-state index < -0.39 is 6.04 Å².